The molecule has 1 aliphatic heterocycles. The highest BCUT2D eigenvalue weighted by molar-refractivity contribution is 5.95. The fourth-order valence-electron chi connectivity index (χ4n) is 8.07. The predicted octanol–water partition coefficient (Wildman–Crippen LogP) is 13.8. The predicted molar refractivity (Wildman–Crippen MR) is 214 cm³/mol. The summed E-state index contributed by atoms with van der Waals surface area (Å²) in [5, 5.41) is 2.06. The summed E-state index contributed by atoms with van der Waals surface area (Å²) in [6.07, 6.45) is 0. The first-order chi connectivity index (χ1) is 25.5. The molecule has 0 unspecified atom stereocenters. The Morgan fingerprint density at radius 1 is 0.385 bits per heavy atom. The van der Waals surface area contributed by atoms with Crippen LogP contribution in [-0.4, -0.2) is 0 Å². The van der Waals surface area contributed by atoms with Crippen molar-refractivity contribution in [3.05, 3.63) is 187 Å². The summed E-state index contributed by atoms with van der Waals surface area (Å²) >= 11 is 0. The van der Waals surface area contributed by atoms with Crippen LogP contribution in [0.1, 0.15) is 25.0 Å². The molecule has 52 heavy (non-hydrogen) atoms. The largest absolute Gasteiger partial charge is 0.453 e. The summed E-state index contributed by atoms with van der Waals surface area (Å²) in [6, 6.07) is 62.4. The van der Waals surface area contributed by atoms with Crippen molar-refractivity contribution < 1.29 is 9.47 Å². The second kappa shape index (κ2) is 11.8. The van der Waals surface area contributed by atoms with E-state index < -0.39 is 0 Å². The van der Waals surface area contributed by atoms with Crippen LogP contribution in [0.5, 0.6) is 23.0 Å². The van der Waals surface area contributed by atoms with E-state index in [9.17, 15) is 0 Å². The molecular weight excluding hydrogens is 635 g/mol. The fraction of sp³-hybridized carbons (Fsp3) is 0.0612. The van der Waals surface area contributed by atoms with Gasteiger partial charge >= 0.3 is 0 Å². The molecule has 8 aromatic rings. The molecule has 10 rings (SSSR count). The normalized spacial score (nSPS) is 13.3. The van der Waals surface area contributed by atoms with Gasteiger partial charge in [-0.3, -0.25) is 0 Å². The highest BCUT2D eigenvalue weighted by atomic mass is 16.5. The van der Waals surface area contributed by atoms with E-state index in [1.165, 1.54) is 38.9 Å². The lowest BCUT2D eigenvalue weighted by molar-refractivity contribution is 0.439. The van der Waals surface area contributed by atoms with Crippen LogP contribution in [0.2, 0.25) is 0 Å². The zero-order valence-electron chi connectivity index (χ0n) is 29.0. The van der Waals surface area contributed by atoms with Crippen LogP contribution in [0.15, 0.2) is 176 Å². The Bertz CT molecular complexity index is 2650. The molecule has 0 spiro atoms. The van der Waals surface area contributed by atoms with E-state index in [4.69, 9.17) is 9.47 Å². The van der Waals surface area contributed by atoms with Gasteiger partial charge in [-0.05, 0) is 104 Å². The van der Waals surface area contributed by atoms with Gasteiger partial charge in [-0.25, -0.2) is 0 Å². The molecule has 0 aromatic heterocycles. The molecule has 0 bridgehead atoms. The van der Waals surface area contributed by atoms with Crippen LogP contribution in [0.3, 0.4) is 0 Å². The van der Waals surface area contributed by atoms with Gasteiger partial charge in [0.25, 0.3) is 0 Å². The molecule has 3 nitrogen and oxygen atoms in total. The summed E-state index contributed by atoms with van der Waals surface area (Å²) < 4.78 is 13.2. The van der Waals surface area contributed by atoms with Crippen molar-refractivity contribution in [3.63, 3.8) is 0 Å². The Labute approximate surface area is 304 Å². The zero-order valence-corrected chi connectivity index (χ0v) is 29.0. The number of rotatable bonds is 5. The lowest BCUT2D eigenvalue weighted by Crippen LogP contribution is -2.16. The second-order valence-corrected chi connectivity index (χ2v) is 14.2. The summed E-state index contributed by atoms with van der Waals surface area (Å²) in [6.45, 7) is 4.66. The van der Waals surface area contributed by atoms with Gasteiger partial charge in [0, 0.05) is 22.9 Å². The highest BCUT2D eigenvalue weighted by Gasteiger charge is 2.36. The molecule has 248 valence electrons. The third kappa shape index (κ3) is 4.89. The third-order valence-electron chi connectivity index (χ3n) is 10.7. The SMILES string of the molecule is CC1(C)c2ccccc2-c2ccc(N(c3ccc(-c4cccc(-c5ccccc5)c4)cc3)c3ccc4c(c3)Oc3cccc5cccc(c35)O4)cc21. The van der Waals surface area contributed by atoms with Crippen molar-refractivity contribution in [2.75, 3.05) is 4.90 Å². The molecule has 0 amide bonds. The molecule has 1 aliphatic carbocycles. The smallest absolute Gasteiger partial charge is 0.172 e. The van der Waals surface area contributed by atoms with Gasteiger partial charge in [0.2, 0.25) is 0 Å². The molecule has 8 aromatic carbocycles. The third-order valence-corrected chi connectivity index (χ3v) is 10.7. The zero-order chi connectivity index (χ0) is 34.8. The van der Waals surface area contributed by atoms with Gasteiger partial charge in [-0.2, -0.15) is 0 Å². The Balaban J connectivity index is 1.09. The Morgan fingerprint density at radius 2 is 0.962 bits per heavy atom. The van der Waals surface area contributed by atoms with E-state index in [0.717, 1.165) is 44.9 Å². The Kier molecular flexibility index (Phi) is 6.84. The summed E-state index contributed by atoms with van der Waals surface area (Å²) in [5.41, 5.74) is 13.0. The van der Waals surface area contributed by atoms with E-state index in [0.29, 0.717) is 11.5 Å². The lowest BCUT2D eigenvalue weighted by atomic mass is 9.82. The average molecular weight is 670 g/mol. The Morgan fingerprint density at radius 3 is 1.73 bits per heavy atom. The highest BCUT2D eigenvalue weighted by Crippen LogP contribution is 2.52. The first-order valence-electron chi connectivity index (χ1n) is 17.8. The quantitative estimate of drug-likeness (QED) is 0.182. The molecule has 1 heterocycles. The molecule has 0 atom stereocenters. The first-order valence-corrected chi connectivity index (χ1v) is 17.8. The molecule has 0 saturated carbocycles. The number of benzene rings is 8. The van der Waals surface area contributed by atoms with Crippen molar-refractivity contribution in [2.45, 2.75) is 19.3 Å². The number of hydrogen-bond donors (Lipinski definition) is 0. The molecule has 2 aliphatic rings. The average Bonchev–Trinajstić information content (AvgIpc) is 3.30. The number of nitrogens with zero attached hydrogens (tertiary/aromatic N) is 1. The topological polar surface area (TPSA) is 21.7 Å². The minimum atomic E-state index is -0.129. The van der Waals surface area contributed by atoms with Crippen molar-refractivity contribution in [3.8, 4) is 56.4 Å². The summed E-state index contributed by atoms with van der Waals surface area (Å²) in [4.78, 5) is 2.33. The van der Waals surface area contributed by atoms with Gasteiger partial charge in [-0.15, -0.1) is 0 Å². The number of ether oxygens (including phenoxy) is 2. The van der Waals surface area contributed by atoms with Gasteiger partial charge in [-0.1, -0.05) is 129 Å². The molecule has 3 heteroatoms. The molecular formula is C49H35NO2. The standard InChI is InChI=1S/C49H35NO2/c1-49(2)42-18-7-6-17-40(42)41-27-25-38(30-43(41)49)50(37-23-21-33(22-24-37)36-16-8-15-35(29-36)32-11-4-3-5-12-32)39-26-28-44-47(31-39)52-46-20-10-14-34-13-9-19-45(51-44)48(34)46/h3-31H,1-2H3. The number of fused-ring (bicyclic) bond motifs is 4. The Hall–Kier alpha value is -6.58. The summed E-state index contributed by atoms with van der Waals surface area (Å²) in [7, 11) is 0. The lowest BCUT2D eigenvalue weighted by Gasteiger charge is -2.28. The van der Waals surface area contributed by atoms with Gasteiger partial charge in [0.15, 0.2) is 11.5 Å². The van der Waals surface area contributed by atoms with Crippen molar-refractivity contribution in [1.82, 2.24) is 0 Å². The van der Waals surface area contributed by atoms with E-state index in [-0.39, 0.29) is 5.41 Å². The fourth-order valence-corrected chi connectivity index (χ4v) is 8.07. The van der Waals surface area contributed by atoms with E-state index in [2.05, 4.69) is 164 Å². The van der Waals surface area contributed by atoms with Crippen LogP contribution < -0.4 is 14.4 Å². The van der Waals surface area contributed by atoms with Gasteiger partial charge in [0.05, 0.1) is 11.1 Å². The van der Waals surface area contributed by atoms with Gasteiger partial charge in [0.1, 0.15) is 11.5 Å². The van der Waals surface area contributed by atoms with Crippen LogP contribution in [0.4, 0.5) is 17.1 Å². The maximum atomic E-state index is 6.66. The van der Waals surface area contributed by atoms with Crippen molar-refractivity contribution >= 4 is 27.8 Å². The van der Waals surface area contributed by atoms with E-state index >= 15 is 0 Å². The van der Waals surface area contributed by atoms with Crippen molar-refractivity contribution in [1.29, 1.82) is 0 Å². The van der Waals surface area contributed by atoms with Gasteiger partial charge < -0.3 is 14.4 Å². The first kappa shape index (κ1) is 30.3. The number of anilines is 3. The van der Waals surface area contributed by atoms with Crippen LogP contribution >= 0.6 is 0 Å². The summed E-state index contributed by atoms with van der Waals surface area (Å²) in [5.74, 6) is 2.94. The molecule has 0 N–H and O–H groups in total. The minimum absolute atomic E-state index is 0.129. The maximum Gasteiger partial charge on any atom is 0.172 e. The van der Waals surface area contributed by atoms with E-state index in [1.54, 1.807) is 0 Å². The minimum Gasteiger partial charge on any atom is -0.453 e. The van der Waals surface area contributed by atoms with Crippen LogP contribution in [0, 0.1) is 0 Å². The second-order valence-electron chi connectivity index (χ2n) is 14.2. The number of hydrogen-bond acceptors (Lipinski definition) is 3. The monoisotopic (exact) mass is 669 g/mol. The molecule has 0 saturated heterocycles. The van der Waals surface area contributed by atoms with Crippen LogP contribution in [0.25, 0.3) is 44.2 Å². The van der Waals surface area contributed by atoms with Crippen LogP contribution in [-0.2, 0) is 5.41 Å². The van der Waals surface area contributed by atoms with E-state index in [1.807, 2.05) is 30.3 Å². The maximum absolute atomic E-state index is 6.66. The van der Waals surface area contributed by atoms with Crippen molar-refractivity contribution in [2.24, 2.45) is 0 Å². The molecule has 0 fully saturated rings. The molecule has 0 radical (unpaired) electrons.